The number of nitrogens with two attached hydrogens (primary N) is 1. The Morgan fingerprint density at radius 3 is 2.29 bits per heavy atom. The number of hydrogen-bond donors (Lipinski definition) is 4. The number of benzene rings is 2. The monoisotopic (exact) mass is 681 g/mol. The van der Waals surface area contributed by atoms with Crippen molar-refractivity contribution in [3.8, 4) is 0 Å². The summed E-state index contributed by atoms with van der Waals surface area (Å²) >= 11 is 3.45. The zero-order valence-corrected chi connectivity index (χ0v) is 28.0. The van der Waals surface area contributed by atoms with Crippen LogP contribution in [-0.4, -0.2) is 89.9 Å². The fourth-order valence-electron chi connectivity index (χ4n) is 6.83. The lowest BCUT2D eigenvalue weighted by atomic mass is 9.99. The number of carbonyl (C=O) groups is 3. The zero-order chi connectivity index (χ0) is 31.8. The molecule has 244 valence electrons. The van der Waals surface area contributed by atoms with Crippen molar-refractivity contribution in [2.45, 2.75) is 83.0 Å². The van der Waals surface area contributed by atoms with Gasteiger partial charge in [-0.15, -0.1) is 0 Å². The number of carbonyl (C=O) groups excluding carboxylic acids is 3. The molecule has 0 unspecified atom stereocenters. The number of halogens is 1. The number of para-hydroxylation sites is 1. The molecule has 3 saturated heterocycles. The standard InChI is InChI=1S/C34H48BrN7O3/c1-24-21-26(35)9-10-30(24)38-34(45)39-31(33(44)42-19-13-28(14-20-42)40-15-5-2-6-16-40)22-32(43)41-17-11-27(12-18-41)37-23-25-7-3-4-8-29(25)36/h3-4,7-10,21,27-28,31,37H,2,5-6,11-20,22-23,36H2,1H3,(H2,38,39,45)/t31-/m0/s1. The summed E-state index contributed by atoms with van der Waals surface area (Å²) in [5, 5.41) is 9.32. The Morgan fingerprint density at radius 2 is 1.60 bits per heavy atom. The van der Waals surface area contributed by atoms with Crippen molar-refractivity contribution in [2.24, 2.45) is 0 Å². The van der Waals surface area contributed by atoms with Crippen LogP contribution in [0.15, 0.2) is 46.9 Å². The van der Waals surface area contributed by atoms with E-state index in [-0.39, 0.29) is 24.3 Å². The third-order valence-corrected chi connectivity index (χ3v) is 10.1. The fourth-order valence-corrected chi connectivity index (χ4v) is 7.30. The maximum atomic E-state index is 13.9. The van der Waals surface area contributed by atoms with Crippen LogP contribution < -0.4 is 21.7 Å². The molecule has 2 aromatic rings. The maximum absolute atomic E-state index is 13.9. The van der Waals surface area contributed by atoms with Crippen molar-refractivity contribution in [1.82, 2.24) is 25.3 Å². The summed E-state index contributed by atoms with van der Waals surface area (Å²) in [5.41, 5.74) is 9.48. The average Bonchev–Trinajstić information content (AvgIpc) is 3.06. The van der Waals surface area contributed by atoms with Gasteiger partial charge in [-0.25, -0.2) is 4.79 Å². The summed E-state index contributed by atoms with van der Waals surface area (Å²) in [7, 11) is 0. The molecular weight excluding hydrogens is 634 g/mol. The van der Waals surface area contributed by atoms with Gasteiger partial charge in [0.25, 0.3) is 0 Å². The third-order valence-electron chi connectivity index (χ3n) is 9.59. The molecule has 2 aromatic carbocycles. The highest BCUT2D eigenvalue weighted by molar-refractivity contribution is 9.10. The van der Waals surface area contributed by atoms with Crippen molar-refractivity contribution in [2.75, 3.05) is 50.3 Å². The minimum atomic E-state index is -0.934. The number of likely N-dealkylation sites (tertiary alicyclic amines) is 3. The molecule has 0 radical (unpaired) electrons. The highest BCUT2D eigenvalue weighted by Crippen LogP contribution is 2.23. The molecule has 0 aliphatic carbocycles. The molecule has 45 heavy (non-hydrogen) atoms. The van der Waals surface area contributed by atoms with Crippen molar-refractivity contribution in [3.63, 3.8) is 0 Å². The van der Waals surface area contributed by atoms with Crippen LogP contribution in [0.1, 0.15) is 62.5 Å². The summed E-state index contributed by atoms with van der Waals surface area (Å²) in [6, 6.07) is 12.8. The van der Waals surface area contributed by atoms with Gasteiger partial charge in [-0.3, -0.25) is 9.59 Å². The highest BCUT2D eigenvalue weighted by atomic mass is 79.9. The van der Waals surface area contributed by atoms with Crippen LogP contribution in [0.2, 0.25) is 0 Å². The maximum Gasteiger partial charge on any atom is 0.319 e. The molecule has 3 aliphatic heterocycles. The van der Waals surface area contributed by atoms with Gasteiger partial charge in [-0.05, 0) is 93.9 Å². The van der Waals surface area contributed by atoms with Gasteiger partial charge in [-0.2, -0.15) is 0 Å². The molecule has 0 bridgehead atoms. The number of aryl methyl sites for hydroxylation is 1. The molecule has 3 aliphatic rings. The lowest BCUT2D eigenvalue weighted by Crippen LogP contribution is -2.55. The Bertz CT molecular complexity index is 1320. The van der Waals surface area contributed by atoms with Gasteiger partial charge in [-0.1, -0.05) is 40.5 Å². The molecule has 0 spiro atoms. The molecule has 0 saturated carbocycles. The lowest BCUT2D eigenvalue weighted by molar-refractivity contribution is -0.140. The summed E-state index contributed by atoms with van der Waals surface area (Å²) in [6.07, 6.45) is 7.21. The van der Waals surface area contributed by atoms with E-state index in [0.29, 0.717) is 44.5 Å². The van der Waals surface area contributed by atoms with Gasteiger partial charge in [0.05, 0.1) is 6.42 Å². The molecule has 5 N–H and O–H groups in total. The molecule has 10 nitrogen and oxygen atoms in total. The van der Waals surface area contributed by atoms with Crippen LogP contribution in [0.5, 0.6) is 0 Å². The van der Waals surface area contributed by atoms with Gasteiger partial charge in [0.15, 0.2) is 0 Å². The van der Waals surface area contributed by atoms with Crippen LogP contribution in [0.3, 0.4) is 0 Å². The second-order valence-electron chi connectivity index (χ2n) is 12.7. The summed E-state index contributed by atoms with van der Waals surface area (Å²) in [4.78, 5) is 46.8. The van der Waals surface area contributed by atoms with Crippen LogP contribution >= 0.6 is 15.9 Å². The van der Waals surface area contributed by atoms with Crippen molar-refractivity contribution in [1.29, 1.82) is 0 Å². The molecule has 4 amide bonds. The first-order valence-corrected chi connectivity index (χ1v) is 17.3. The van der Waals surface area contributed by atoms with Gasteiger partial charge in [0, 0.05) is 60.7 Å². The SMILES string of the molecule is Cc1cc(Br)ccc1NC(=O)N[C@@H](CC(=O)N1CCC(NCc2ccccc2N)CC1)C(=O)N1CCC(N2CCCCC2)CC1. The van der Waals surface area contributed by atoms with E-state index in [4.69, 9.17) is 5.73 Å². The second kappa shape index (κ2) is 15.9. The third kappa shape index (κ3) is 9.20. The first-order valence-electron chi connectivity index (χ1n) is 16.5. The Balaban J connectivity index is 1.18. The van der Waals surface area contributed by atoms with Crippen LogP contribution in [0.4, 0.5) is 16.2 Å². The Kier molecular flexibility index (Phi) is 11.7. The van der Waals surface area contributed by atoms with E-state index < -0.39 is 12.1 Å². The molecule has 0 aromatic heterocycles. The largest absolute Gasteiger partial charge is 0.398 e. The number of rotatable bonds is 9. The smallest absolute Gasteiger partial charge is 0.319 e. The van der Waals surface area contributed by atoms with Crippen LogP contribution in [0, 0.1) is 6.92 Å². The summed E-state index contributed by atoms with van der Waals surface area (Å²) < 4.78 is 0.917. The number of amides is 4. The minimum Gasteiger partial charge on any atom is -0.398 e. The molecule has 1 atom stereocenters. The van der Waals surface area contributed by atoms with Gasteiger partial charge >= 0.3 is 6.03 Å². The Morgan fingerprint density at radius 1 is 0.911 bits per heavy atom. The van der Waals surface area contributed by atoms with Gasteiger partial charge in [0.1, 0.15) is 6.04 Å². The van der Waals surface area contributed by atoms with E-state index in [2.05, 4.69) is 36.8 Å². The molecule has 3 heterocycles. The van der Waals surface area contributed by atoms with Crippen LogP contribution in [0.25, 0.3) is 0 Å². The molecular formula is C34H48BrN7O3. The number of hydrogen-bond acceptors (Lipinski definition) is 6. The average molecular weight is 683 g/mol. The zero-order valence-electron chi connectivity index (χ0n) is 26.4. The lowest BCUT2D eigenvalue weighted by Gasteiger charge is -2.41. The predicted octanol–water partition coefficient (Wildman–Crippen LogP) is 4.48. The van der Waals surface area contributed by atoms with Crippen LogP contribution in [-0.2, 0) is 16.1 Å². The first kappa shape index (κ1) is 33.2. The Labute approximate surface area is 275 Å². The number of nitrogens with one attached hydrogen (secondary N) is 3. The highest BCUT2D eigenvalue weighted by Gasteiger charge is 2.34. The number of urea groups is 1. The van der Waals surface area contributed by atoms with Gasteiger partial charge in [0.2, 0.25) is 11.8 Å². The minimum absolute atomic E-state index is 0.0593. The summed E-state index contributed by atoms with van der Waals surface area (Å²) in [6.45, 7) is 7.37. The van der Waals surface area contributed by atoms with Crippen molar-refractivity contribution < 1.29 is 14.4 Å². The number of nitrogens with zero attached hydrogens (tertiary/aromatic N) is 3. The fraction of sp³-hybridized carbons (Fsp3) is 0.559. The van der Waals surface area contributed by atoms with Crippen molar-refractivity contribution in [3.05, 3.63) is 58.1 Å². The van der Waals surface area contributed by atoms with E-state index in [0.717, 1.165) is 60.1 Å². The topological polar surface area (TPSA) is 123 Å². The predicted molar refractivity (Wildman–Crippen MR) is 182 cm³/mol. The van der Waals surface area contributed by atoms with E-state index >= 15 is 0 Å². The van der Waals surface area contributed by atoms with E-state index in [1.54, 1.807) is 0 Å². The Hall–Kier alpha value is -3.15. The number of anilines is 2. The number of piperidine rings is 3. The normalized spacial score (nSPS) is 19.2. The summed E-state index contributed by atoms with van der Waals surface area (Å²) in [5.74, 6) is -0.289. The van der Waals surface area contributed by atoms with E-state index in [1.165, 1.54) is 19.3 Å². The number of nitrogen functional groups attached to an aromatic ring is 1. The second-order valence-corrected chi connectivity index (χ2v) is 13.6. The van der Waals surface area contributed by atoms with Crippen molar-refractivity contribution >= 4 is 45.2 Å². The van der Waals surface area contributed by atoms with E-state index in [1.807, 2.05) is 59.2 Å². The molecule has 5 rings (SSSR count). The quantitative estimate of drug-likeness (QED) is 0.290. The van der Waals surface area contributed by atoms with Gasteiger partial charge < -0.3 is 36.4 Å². The molecule has 3 fully saturated rings. The first-order chi connectivity index (χ1) is 21.8. The van der Waals surface area contributed by atoms with E-state index in [9.17, 15) is 14.4 Å². The molecule has 11 heteroatoms.